The zero-order chi connectivity index (χ0) is 17.7. The summed E-state index contributed by atoms with van der Waals surface area (Å²) in [6.45, 7) is -0.554. The van der Waals surface area contributed by atoms with E-state index in [2.05, 4.69) is 5.32 Å². The zero-order valence-electron chi connectivity index (χ0n) is 12.0. The van der Waals surface area contributed by atoms with Crippen molar-refractivity contribution in [1.29, 1.82) is 0 Å². The molecule has 24 heavy (non-hydrogen) atoms. The number of nitrogens with one attached hydrogen (secondary N) is 1. The molecule has 0 bridgehead atoms. The molecule has 0 saturated heterocycles. The Morgan fingerprint density at radius 3 is 2.54 bits per heavy atom. The Kier molecular flexibility index (Phi) is 5.73. The summed E-state index contributed by atoms with van der Waals surface area (Å²) in [4.78, 5) is 33.6. The fourth-order valence-corrected chi connectivity index (χ4v) is 2.03. The largest absolute Gasteiger partial charge is 0.452 e. The van der Waals surface area contributed by atoms with Crippen molar-refractivity contribution in [2.75, 3.05) is 11.9 Å². The molecule has 0 radical (unpaired) electrons. The van der Waals surface area contributed by atoms with Gasteiger partial charge in [-0.1, -0.05) is 29.3 Å². The van der Waals surface area contributed by atoms with Gasteiger partial charge in [0, 0.05) is 17.8 Å². The van der Waals surface area contributed by atoms with E-state index >= 15 is 0 Å². The summed E-state index contributed by atoms with van der Waals surface area (Å²) in [6.07, 6.45) is 0. The average Bonchev–Trinajstić information content (AvgIpc) is 2.56. The molecular weight excluding hydrogens is 359 g/mol. The lowest BCUT2D eigenvalue weighted by Crippen LogP contribution is -2.21. The lowest BCUT2D eigenvalue weighted by atomic mass is 10.2. The predicted molar refractivity (Wildman–Crippen MR) is 88.5 cm³/mol. The van der Waals surface area contributed by atoms with Crippen molar-refractivity contribution in [3.05, 3.63) is 68.2 Å². The summed E-state index contributed by atoms with van der Waals surface area (Å²) in [7, 11) is 0. The predicted octanol–water partition coefficient (Wildman–Crippen LogP) is 3.70. The number of anilines is 1. The molecule has 0 saturated carbocycles. The van der Waals surface area contributed by atoms with Crippen LogP contribution in [0.25, 0.3) is 0 Å². The number of esters is 1. The Balaban J connectivity index is 1.93. The third kappa shape index (κ3) is 4.68. The highest BCUT2D eigenvalue weighted by atomic mass is 35.5. The number of halogens is 2. The average molecular weight is 369 g/mol. The third-order valence-corrected chi connectivity index (χ3v) is 3.57. The summed E-state index contributed by atoms with van der Waals surface area (Å²) < 4.78 is 4.82. The number of nitro benzene ring substituents is 1. The number of non-ortho nitro benzene ring substituents is 1. The number of benzene rings is 2. The highest BCUT2D eigenvalue weighted by Crippen LogP contribution is 2.24. The van der Waals surface area contributed by atoms with Crippen LogP contribution in [0.15, 0.2) is 42.5 Å². The van der Waals surface area contributed by atoms with Gasteiger partial charge in [0.05, 0.1) is 20.5 Å². The van der Waals surface area contributed by atoms with Crippen LogP contribution in [-0.4, -0.2) is 23.4 Å². The molecule has 0 spiro atoms. The fraction of sp³-hybridized carbons (Fsp3) is 0.0667. The summed E-state index contributed by atoms with van der Waals surface area (Å²) in [5, 5.41) is 13.8. The smallest absolute Gasteiger partial charge is 0.338 e. The lowest BCUT2D eigenvalue weighted by Gasteiger charge is -2.07. The van der Waals surface area contributed by atoms with Crippen LogP contribution < -0.4 is 5.32 Å². The number of rotatable bonds is 5. The quantitative estimate of drug-likeness (QED) is 0.492. The van der Waals surface area contributed by atoms with Crippen LogP contribution in [0.1, 0.15) is 10.4 Å². The number of carbonyl (C=O) groups excluding carboxylic acids is 2. The number of nitrogens with zero attached hydrogens (tertiary/aromatic N) is 1. The van der Waals surface area contributed by atoms with E-state index in [1.807, 2.05) is 0 Å². The van der Waals surface area contributed by atoms with E-state index < -0.39 is 23.4 Å². The molecular formula is C15H10Cl2N2O5. The zero-order valence-corrected chi connectivity index (χ0v) is 13.5. The van der Waals surface area contributed by atoms with Crippen LogP contribution in [0.3, 0.4) is 0 Å². The minimum absolute atomic E-state index is 0.0217. The van der Waals surface area contributed by atoms with Crippen molar-refractivity contribution in [2.45, 2.75) is 0 Å². The molecule has 124 valence electrons. The second-order valence-corrected chi connectivity index (χ2v) is 5.38. The lowest BCUT2D eigenvalue weighted by molar-refractivity contribution is -0.384. The van der Waals surface area contributed by atoms with Gasteiger partial charge in [0.15, 0.2) is 6.61 Å². The van der Waals surface area contributed by atoms with E-state index in [9.17, 15) is 19.7 Å². The minimum Gasteiger partial charge on any atom is -0.452 e. The SMILES string of the molecule is O=C(COC(=O)c1cccc([N+](=O)[O-])c1)Nc1ccc(Cl)c(Cl)c1. The van der Waals surface area contributed by atoms with E-state index in [0.29, 0.717) is 10.7 Å². The topological polar surface area (TPSA) is 98.5 Å². The van der Waals surface area contributed by atoms with E-state index in [4.69, 9.17) is 27.9 Å². The minimum atomic E-state index is -0.844. The number of hydrogen-bond acceptors (Lipinski definition) is 5. The number of amides is 1. The monoisotopic (exact) mass is 368 g/mol. The maximum absolute atomic E-state index is 11.8. The van der Waals surface area contributed by atoms with Crippen LogP contribution in [0.2, 0.25) is 10.0 Å². The van der Waals surface area contributed by atoms with E-state index in [1.54, 1.807) is 0 Å². The van der Waals surface area contributed by atoms with E-state index in [-0.39, 0.29) is 16.3 Å². The van der Waals surface area contributed by atoms with Crippen molar-refractivity contribution in [3.8, 4) is 0 Å². The maximum Gasteiger partial charge on any atom is 0.338 e. The Hall–Kier alpha value is -2.64. The highest BCUT2D eigenvalue weighted by molar-refractivity contribution is 6.42. The molecule has 2 rings (SSSR count). The summed E-state index contributed by atoms with van der Waals surface area (Å²) in [5.41, 5.74) is 0.122. The van der Waals surface area contributed by atoms with Crippen LogP contribution in [0, 0.1) is 10.1 Å². The molecule has 0 aliphatic rings. The molecule has 1 amide bonds. The molecule has 0 heterocycles. The molecule has 0 unspecified atom stereocenters. The first-order valence-corrected chi connectivity index (χ1v) is 7.29. The van der Waals surface area contributed by atoms with Crippen LogP contribution in [-0.2, 0) is 9.53 Å². The van der Waals surface area contributed by atoms with Gasteiger partial charge in [-0.05, 0) is 24.3 Å². The van der Waals surface area contributed by atoms with E-state index in [1.165, 1.54) is 36.4 Å². The summed E-state index contributed by atoms with van der Waals surface area (Å²) in [6, 6.07) is 9.51. The van der Waals surface area contributed by atoms with Gasteiger partial charge in [0.2, 0.25) is 0 Å². The van der Waals surface area contributed by atoms with Crippen LogP contribution in [0.5, 0.6) is 0 Å². The number of ether oxygens (including phenoxy) is 1. The van der Waals surface area contributed by atoms with Gasteiger partial charge in [-0.25, -0.2) is 4.79 Å². The fourth-order valence-electron chi connectivity index (χ4n) is 1.73. The van der Waals surface area contributed by atoms with Gasteiger partial charge in [-0.2, -0.15) is 0 Å². The van der Waals surface area contributed by atoms with Crippen molar-refractivity contribution in [1.82, 2.24) is 0 Å². The first kappa shape index (κ1) is 17.7. The second-order valence-electron chi connectivity index (χ2n) is 4.56. The van der Waals surface area contributed by atoms with Gasteiger partial charge in [-0.3, -0.25) is 14.9 Å². The van der Waals surface area contributed by atoms with Crippen molar-refractivity contribution in [2.24, 2.45) is 0 Å². The van der Waals surface area contributed by atoms with Crippen molar-refractivity contribution >= 4 is 46.5 Å². The Bertz CT molecular complexity index is 810. The second kappa shape index (κ2) is 7.76. The van der Waals surface area contributed by atoms with Crippen LogP contribution >= 0.6 is 23.2 Å². The Morgan fingerprint density at radius 2 is 1.88 bits per heavy atom. The van der Waals surface area contributed by atoms with Gasteiger partial charge in [0.25, 0.3) is 11.6 Å². The molecule has 0 aliphatic carbocycles. The maximum atomic E-state index is 11.8. The van der Waals surface area contributed by atoms with Crippen molar-refractivity contribution in [3.63, 3.8) is 0 Å². The van der Waals surface area contributed by atoms with Gasteiger partial charge in [-0.15, -0.1) is 0 Å². The molecule has 0 aliphatic heterocycles. The third-order valence-electron chi connectivity index (χ3n) is 2.83. The summed E-state index contributed by atoms with van der Waals surface area (Å²) in [5.74, 6) is -1.44. The summed E-state index contributed by atoms with van der Waals surface area (Å²) >= 11 is 11.6. The van der Waals surface area contributed by atoms with Crippen molar-refractivity contribution < 1.29 is 19.2 Å². The first-order valence-electron chi connectivity index (χ1n) is 6.53. The van der Waals surface area contributed by atoms with Gasteiger partial charge >= 0.3 is 5.97 Å². The number of nitro groups is 1. The molecule has 0 aromatic heterocycles. The molecule has 1 N–H and O–H groups in total. The molecule has 0 atom stereocenters. The molecule has 9 heteroatoms. The molecule has 2 aromatic carbocycles. The molecule has 7 nitrogen and oxygen atoms in total. The Morgan fingerprint density at radius 1 is 1.12 bits per heavy atom. The van der Waals surface area contributed by atoms with Gasteiger partial charge < -0.3 is 10.1 Å². The van der Waals surface area contributed by atoms with E-state index in [0.717, 1.165) is 6.07 Å². The Labute approximate surface area is 146 Å². The van der Waals surface area contributed by atoms with Crippen LogP contribution in [0.4, 0.5) is 11.4 Å². The highest BCUT2D eigenvalue weighted by Gasteiger charge is 2.14. The normalized spacial score (nSPS) is 10.1. The first-order chi connectivity index (χ1) is 11.4. The number of carbonyl (C=O) groups is 2. The number of hydrogen-bond donors (Lipinski definition) is 1. The molecule has 0 fully saturated rings. The molecule has 2 aromatic rings. The van der Waals surface area contributed by atoms with Gasteiger partial charge in [0.1, 0.15) is 0 Å². The standard InChI is InChI=1S/C15H10Cl2N2O5/c16-12-5-4-10(7-13(12)17)18-14(20)8-24-15(21)9-2-1-3-11(6-9)19(22)23/h1-7H,8H2,(H,18,20).